The fourth-order valence-electron chi connectivity index (χ4n) is 3.12. The first kappa shape index (κ1) is 20.2. The summed E-state index contributed by atoms with van der Waals surface area (Å²) in [6.45, 7) is 0.527. The summed E-state index contributed by atoms with van der Waals surface area (Å²) >= 11 is 0. The van der Waals surface area contributed by atoms with Gasteiger partial charge in [-0.05, 0) is 47.5 Å². The molecular formula is C25H22N2O4. The number of likely N-dealkylation sites (N-methyl/N-ethyl adjacent to an activating group) is 1. The van der Waals surface area contributed by atoms with Crippen molar-refractivity contribution in [2.45, 2.75) is 6.61 Å². The van der Waals surface area contributed by atoms with Gasteiger partial charge in [0, 0.05) is 18.8 Å². The molecule has 0 saturated carbocycles. The van der Waals surface area contributed by atoms with Crippen LogP contribution < -0.4 is 19.7 Å². The lowest BCUT2D eigenvalue weighted by Crippen LogP contribution is -2.35. The van der Waals surface area contributed by atoms with Crippen LogP contribution in [0.2, 0.25) is 0 Å². The van der Waals surface area contributed by atoms with Gasteiger partial charge < -0.3 is 19.7 Å². The number of ether oxygens (including phenoxy) is 2. The minimum atomic E-state index is -0.268. The lowest BCUT2D eigenvalue weighted by atomic mass is 10.2. The quantitative estimate of drug-likeness (QED) is 0.612. The molecule has 31 heavy (non-hydrogen) atoms. The van der Waals surface area contributed by atoms with Crippen LogP contribution >= 0.6 is 0 Å². The number of hydrogen-bond acceptors (Lipinski definition) is 4. The number of amides is 2. The molecule has 4 rings (SSSR count). The number of hydrogen-bond donors (Lipinski definition) is 1. The topological polar surface area (TPSA) is 67.9 Å². The lowest BCUT2D eigenvalue weighted by molar-refractivity contribution is -0.121. The van der Waals surface area contributed by atoms with E-state index in [2.05, 4.69) is 5.32 Å². The maximum Gasteiger partial charge on any atom is 0.264 e. The third kappa shape index (κ3) is 5.11. The van der Waals surface area contributed by atoms with Crippen LogP contribution in [0, 0.1) is 0 Å². The fraction of sp³-hybridized carbons (Fsp3) is 0.120. The average molecular weight is 414 g/mol. The predicted octanol–water partition coefficient (Wildman–Crippen LogP) is 4.27. The van der Waals surface area contributed by atoms with E-state index in [0.717, 1.165) is 16.9 Å². The Morgan fingerprint density at radius 1 is 1.10 bits per heavy atom. The molecule has 0 unspecified atom stereocenters. The van der Waals surface area contributed by atoms with Crippen molar-refractivity contribution >= 4 is 29.3 Å². The Labute approximate surface area is 180 Å². The molecule has 6 heteroatoms. The Balaban J connectivity index is 1.33. The number of carbonyl (C=O) groups is 2. The second kappa shape index (κ2) is 9.17. The summed E-state index contributed by atoms with van der Waals surface area (Å²) in [5.41, 5.74) is 3.20. The van der Waals surface area contributed by atoms with Gasteiger partial charge in [0.2, 0.25) is 5.91 Å². The van der Waals surface area contributed by atoms with Gasteiger partial charge in [-0.3, -0.25) is 9.59 Å². The maximum atomic E-state index is 12.3. The molecule has 3 aromatic rings. The fourth-order valence-corrected chi connectivity index (χ4v) is 3.12. The molecule has 2 amide bonds. The van der Waals surface area contributed by atoms with Crippen LogP contribution in [0.4, 0.5) is 11.4 Å². The van der Waals surface area contributed by atoms with Crippen molar-refractivity contribution in [3.05, 3.63) is 90.0 Å². The summed E-state index contributed by atoms with van der Waals surface area (Å²) in [6.07, 6.45) is 3.19. The zero-order valence-corrected chi connectivity index (χ0v) is 17.1. The SMILES string of the molecule is CN1C(=O)COc2ccc(NC(=O)/C=C/c3ccc(OCc4ccccc4)cc3)cc21. The van der Waals surface area contributed by atoms with Crippen molar-refractivity contribution in [3.63, 3.8) is 0 Å². The van der Waals surface area contributed by atoms with E-state index >= 15 is 0 Å². The highest BCUT2D eigenvalue weighted by atomic mass is 16.5. The van der Waals surface area contributed by atoms with E-state index in [1.165, 1.54) is 11.0 Å². The summed E-state index contributed by atoms with van der Waals surface area (Å²) in [4.78, 5) is 25.6. The van der Waals surface area contributed by atoms with Gasteiger partial charge in [0.15, 0.2) is 6.61 Å². The van der Waals surface area contributed by atoms with Crippen molar-refractivity contribution in [2.75, 3.05) is 23.9 Å². The van der Waals surface area contributed by atoms with Crippen molar-refractivity contribution in [1.82, 2.24) is 0 Å². The summed E-state index contributed by atoms with van der Waals surface area (Å²) in [5, 5.41) is 2.80. The molecule has 0 fully saturated rings. The van der Waals surface area contributed by atoms with Gasteiger partial charge in [-0.15, -0.1) is 0 Å². The third-order valence-electron chi connectivity index (χ3n) is 4.87. The number of carbonyl (C=O) groups excluding carboxylic acids is 2. The molecule has 1 aliphatic heterocycles. The number of fused-ring (bicyclic) bond motifs is 1. The maximum absolute atomic E-state index is 12.3. The smallest absolute Gasteiger partial charge is 0.264 e. The predicted molar refractivity (Wildman–Crippen MR) is 120 cm³/mol. The van der Waals surface area contributed by atoms with E-state index < -0.39 is 0 Å². The monoisotopic (exact) mass is 414 g/mol. The van der Waals surface area contributed by atoms with Crippen LogP contribution in [-0.2, 0) is 16.2 Å². The van der Waals surface area contributed by atoms with E-state index in [0.29, 0.717) is 23.7 Å². The molecule has 0 radical (unpaired) electrons. The standard InChI is InChI=1S/C25H22N2O4/c1-27-22-15-20(10-13-23(22)31-17-25(27)29)26-24(28)14-9-18-7-11-21(12-8-18)30-16-19-5-3-2-4-6-19/h2-15H,16-17H2,1H3,(H,26,28)/b14-9+. The molecule has 0 spiro atoms. The Morgan fingerprint density at radius 2 is 1.87 bits per heavy atom. The Kier molecular flexibility index (Phi) is 5.98. The van der Waals surface area contributed by atoms with Crippen LogP contribution in [-0.4, -0.2) is 25.5 Å². The van der Waals surface area contributed by atoms with Crippen molar-refractivity contribution in [2.24, 2.45) is 0 Å². The van der Waals surface area contributed by atoms with E-state index in [-0.39, 0.29) is 18.4 Å². The Bertz CT molecular complexity index is 1110. The van der Waals surface area contributed by atoms with Gasteiger partial charge in [0.1, 0.15) is 18.1 Å². The number of rotatable bonds is 6. The zero-order chi connectivity index (χ0) is 21.6. The Hall–Kier alpha value is -4.06. The van der Waals surface area contributed by atoms with Crippen LogP contribution in [0.25, 0.3) is 6.08 Å². The second-order valence-electron chi connectivity index (χ2n) is 7.09. The van der Waals surface area contributed by atoms with Gasteiger partial charge in [0.25, 0.3) is 5.91 Å². The highest BCUT2D eigenvalue weighted by molar-refractivity contribution is 6.03. The minimum absolute atomic E-state index is 0.0219. The van der Waals surface area contributed by atoms with Gasteiger partial charge in [-0.1, -0.05) is 42.5 Å². The molecule has 156 valence electrons. The summed E-state index contributed by atoms with van der Waals surface area (Å²) in [5.74, 6) is 0.979. The van der Waals surface area contributed by atoms with Crippen molar-refractivity contribution < 1.29 is 19.1 Å². The first-order valence-corrected chi connectivity index (χ1v) is 9.88. The molecule has 1 N–H and O–H groups in total. The lowest BCUT2D eigenvalue weighted by Gasteiger charge is -2.26. The van der Waals surface area contributed by atoms with E-state index in [1.807, 2.05) is 54.6 Å². The molecule has 1 heterocycles. The normalized spacial score (nSPS) is 12.9. The average Bonchev–Trinajstić information content (AvgIpc) is 2.80. The number of nitrogens with zero attached hydrogens (tertiary/aromatic N) is 1. The second-order valence-corrected chi connectivity index (χ2v) is 7.09. The largest absolute Gasteiger partial charge is 0.489 e. The zero-order valence-electron chi connectivity index (χ0n) is 17.1. The minimum Gasteiger partial charge on any atom is -0.489 e. The van der Waals surface area contributed by atoms with Crippen LogP contribution in [0.3, 0.4) is 0 Å². The van der Waals surface area contributed by atoms with E-state index in [4.69, 9.17) is 9.47 Å². The van der Waals surface area contributed by atoms with Gasteiger partial charge >= 0.3 is 0 Å². The Morgan fingerprint density at radius 3 is 2.65 bits per heavy atom. The molecule has 0 aliphatic carbocycles. The van der Waals surface area contributed by atoms with E-state index in [9.17, 15) is 9.59 Å². The molecule has 6 nitrogen and oxygen atoms in total. The van der Waals surface area contributed by atoms with E-state index in [1.54, 1.807) is 31.3 Å². The molecule has 0 atom stereocenters. The number of anilines is 2. The molecule has 1 aliphatic rings. The van der Waals surface area contributed by atoms with Gasteiger partial charge in [-0.2, -0.15) is 0 Å². The van der Waals surface area contributed by atoms with Crippen molar-refractivity contribution in [3.8, 4) is 11.5 Å². The first-order chi connectivity index (χ1) is 15.1. The first-order valence-electron chi connectivity index (χ1n) is 9.88. The molecular weight excluding hydrogens is 392 g/mol. The highest BCUT2D eigenvalue weighted by Crippen LogP contribution is 2.33. The molecule has 0 aromatic heterocycles. The number of nitrogens with one attached hydrogen (secondary N) is 1. The van der Waals surface area contributed by atoms with Crippen LogP contribution in [0.15, 0.2) is 78.9 Å². The third-order valence-corrected chi connectivity index (χ3v) is 4.87. The summed E-state index contributed by atoms with van der Waals surface area (Å²) < 4.78 is 11.2. The number of benzene rings is 3. The highest BCUT2D eigenvalue weighted by Gasteiger charge is 2.22. The van der Waals surface area contributed by atoms with Crippen molar-refractivity contribution in [1.29, 1.82) is 0 Å². The molecule has 0 bridgehead atoms. The van der Waals surface area contributed by atoms with Gasteiger partial charge in [-0.25, -0.2) is 0 Å². The van der Waals surface area contributed by atoms with Crippen LogP contribution in [0.1, 0.15) is 11.1 Å². The van der Waals surface area contributed by atoms with Gasteiger partial charge in [0.05, 0.1) is 5.69 Å². The molecule has 0 saturated heterocycles. The summed E-state index contributed by atoms with van der Waals surface area (Å²) in [7, 11) is 1.68. The molecule has 3 aromatic carbocycles. The van der Waals surface area contributed by atoms with Crippen LogP contribution in [0.5, 0.6) is 11.5 Å². The summed E-state index contributed by atoms with van der Waals surface area (Å²) in [6, 6.07) is 22.7.